The van der Waals surface area contributed by atoms with Gasteiger partial charge < -0.3 is 16.2 Å². The zero-order valence-corrected chi connectivity index (χ0v) is 16.3. The largest absolute Gasteiger partial charge is 0.454 e. The van der Waals surface area contributed by atoms with Gasteiger partial charge in [-0.25, -0.2) is 9.48 Å². The first-order valence-corrected chi connectivity index (χ1v) is 9.21. The van der Waals surface area contributed by atoms with Crippen LogP contribution < -0.4 is 11.5 Å². The smallest absolute Gasteiger partial charge is 0.342 e. The number of aromatic nitrogens is 5. The molecule has 0 bridgehead atoms. The number of anilines is 2. The highest BCUT2D eigenvalue weighted by Gasteiger charge is 2.20. The first-order valence-electron chi connectivity index (χ1n) is 8.83. The summed E-state index contributed by atoms with van der Waals surface area (Å²) in [5.74, 6) is -0.545. The standard InChI is InChI=1S/C20H16ClN7O2/c21-13-8-6-12(7-9-13)17-15(10-28(27-17)14-4-2-1-3-5-14)18(29)30-11-16-24-19(22)26-20(23)25-16/h1-10H,11H2,(H4,22,23,24,25,26). The normalized spacial score (nSPS) is 10.7. The third-order valence-corrected chi connectivity index (χ3v) is 4.37. The number of nitrogen functional groups attached to an aromatic ring is 2. The Bertz CT molecular complexity index is 1170. The van der Waals surface area contributed by atoms with E-state index in [1.54, 1.807) is 35.1 Å². The quantitative estimate of drug-likeness (QED) is 0.469. The van der Waals surface area contributed by atoms with E-state index in [0.717, 1.165) is 11.3 Å². The molecule has 2 aromatic carbocycles. The highest BCUT2D eigenvalue weighted by Crippen LogP contribution is 2.26. The van der Waals surface area contributed by atoms with E-state index in [1.165, 1.54) is 0 Å². The van der Waals surface area contributed by atoms with Gasteiger partial charge in [-0.3, -0.25) is 0 Å². The molecule has 2 heterocycles. The predicted octanol–water partition coefficient (Wildman–Crippen LogP) is 2.90. The molecule has 0 unspecified atom stereocenters. The van der Waals surface area contributed by atoms with Crippen molar-refractivity contribution in [3.05, 3.63) is 77.2 Å². The second-order valence-corrected chi connectivity index (χ2v) is 6.66. The van der Waals surface area contributed by atoms with Crippen molar-refractivity contribution >= 4 is 29.5 Å². The van der Waals surface area contributed by atoms with E-state index in [4.69, 9.17) is 27.8 Å². The van der Waals surface area contributed by atoms with E-state index in [2.05, 4.69) is 20.1 Å². The first kappa shape index (κ1) is 19.3. The van der Waals surface area contributed by atoms with E-state index < -0.39 is 5.97 Å². The number of hydrogen-bond acceptors (Lipinski definition) is 8. The molecule has 0 saturated heterocycles. The minimum absolute atomic E-state index is 0.0488. The minimum atomic E-state index is -0.598. The summed E-state index contributed by atoms with van der Waals surface area (Å²) in [6.07, 6.45) is 1.61. The molecule has 10 heteroatoms. The maximum absolute atomic E-state index is 12.9. The lowest BCUT2D eigenvalue weighted by Crippen LogP contribution is -2.11. The lowest BCUT2D eigenvalue weighted by Gasteiger charge is -2.05. The Morgan fingerprint density at radius 1 is 0.967 bits per heavy atom. The van der Waals surface area contributed by atoms with Crippen LogP contribution in [0.5, 0.6) is 0 Å². The Morgan fingerprint density at radius 2 is 1.63 bits per heavy atom. The van der Waals surface area contributed by atoms with Gasteiger partial charge >= 0.3 is 5.97 Å². The number of ether oxygens (including phenoxy) is 1. The average Bonchev–Trinajstić information content (AvgIpc) is 3.18. The summed E-state index contributed by atoms with van der Waals surface area (Å²) in [6.45, 7) is -0.216. The number of carbonyl (C=O) groups excluding carboxylic acids is 1. The van der Waals surface area contributed by atoms with Crippen molar-refractivity contribution in [3.63, 3.8) is 0 Å². The predicted molar refractivity (Wildman–Crippen MR) is 112 cm³/mol. The van der Waals surface area contributed by atoms with Crippen LogP contribution in [0.3, 0.4) is 0 Å². The molecule has 0 amide bonds. The van der Waals surface area contributed by atoms with Crippen molar-refractivity contribution in [2.75, 3.05) is 11.5 Å². The number of para-hydroxylation sites is 1. The lowest BCUT2D eigenvalue weighted by atomic mass is 10.1. The number of rotatable bonds is 5. The van der Waals surface area contributed by atoms with Crippen molar-refractivity contribution in [1.29, 1.82) is 0 Å². The molecule has 4 rings (SSSR count). The van der Waals surface area contributed by atoms with Crippen LogP contribution in [0.2, 0.25) is 5.02 Å². The molecule has 0 aliphatic carbocycles. The fraction of sp³-hybridized carbons (Fsp3) is 0.0500. The van der Waals surface area contributed by atoms with Crippen molar-refractivity contribution in [1.82, 2.24) is 24.7 Å². The molecule has 4 N–H and O–H groups in total. The molecular weight excluding hydrogens is 406 g/mol. The molecule has 9 nitrogen and oxygen atoms in total. The number of hydrogen-bond donors (Lipinski definition) is 2. The van der Waals surface area contributed by atoms with Gasteiger partial charge in [-0.05, 0) is 24.3 Å². The Kier molecular flexibility index (Phi) is 5.27. The highest BCUT2D eigenvalue weighted by atomic mass is 35.5. The number of nitrogens with zero attached hydrogens (tertiary/aromatic N) is 5. The van der Waals surface area contributed by atoms with Gasteiger partial charge in [0.2, 0.25) is 11.9 Å². The molecule has 2 aromatic heterocycles. The number of carbonyl (C=O) groups is 1. The van der Waals surface area contributed by atoms with Crippen LogP contribution >= 0.6 is 11.6 Å². The fourth-order valence-corrected chi connectivity index (χ4v) is 2.91. The van der Waals surface area contributed by atoms with Gasteiger partial charge in [0.15, 0.2) is 12.4 Å². The molecular formula is C20H16ClN7O2. The molecule has 0 fully saturated rings. The summed E-state index contributed by atoms with van der Waals surface area (Å²) in [7, 11) is 0. The van der Waals surface area contributed by atoms with Crippen LogP contribution in [0.1, 0.15) is 16.2 Å². The van der Waals surface area contributed by atoms with Crippen molar-refractivity contribution < 1.29 is 9.53 Å². The van der Waals surface area contributed by atoms with Crippen molar-refractivity contribution in [2.45, 2.75) is 6.61 Å². The van der Waals surface area contributed by atoms with Crippen LogP contribution in [-0.2, 0) is 11.3 Å². The lowest BCUT2D eigenvalue weighted by molar-refractivity contribution is 0.0463. The Balaban J connectivity index is 1.67. The topological polar surface area (TPSA) is 135 Å². The summed E-state index contributed by atoms with van der Waals surface area (Å²) in [6, 6.07) is 16.4. The van der Waals surface area contributed by atoms with Crippen LogP contribution in [0.4, 0.5) is 11.9 Å². The van der Waals surface area contributed by atoms with Crippen LogP contribution in [0, 0.1) is 0 Å². The van der Waals surface area contributed by atoms with Gasteiger partial charge in [0.05, 0.1) is 5.69 Å². The summed E-state index contributed by atoms with van der Waals surface area (Å²) < 4.78 is 6.99. The van der Waals surface area contributed by atoms with Crippen LogP contribution in [0.25, 0.3) is 16.9 Å². The average molecular weight is 422 g/mol. The zero-order valence-electron chi connectivity index (χ0n) is 15.6. The van der Waals surface area contributed by atoms with Crippen LogP contribution in [0.15, 0.2) is 60.8 Å². The molecule has 0 spiro atoms. The fourth-order valence-electron chi connectivity index (χ4n) is 2.79. The summed E-state index contributed by atoms with van der Waals surface area (Å²) in [5, 5.41) is 5.16. The third kappa shape index (κ3) is 4.20. The van der Waals surface area contributed by atoms with E-state index in [0.29, 0.717) is 10.7 Å². The van der Waals surface area contributed by atoms with E-state index in [9.17, 15) is 4.79 Å². The molecule has 150 valence electrons. The van der Waals surface area contributed by atoms with Crippen molar-refractivity contribution in [2.24, 2.45) is 0 Å². The molecule has 0 radical (unpaired) electrons. The summed E-state index contributed by atoms with van der Waals surface area (Å²) in [5.41, 5.74) is 13.3. The Labute approximate surface area is 176 Å². The molecule has 4 aromatic rings. The second-order valence-electron chi connectivity index (χ2n) is 6.22. The van der Waals surface area contributed by atoms with E-state index in [1.807, 2.05) is 30.3 Å². The summed E-state index contributed by atoms with van der Waals surface area (Å²) in [4.78, 5) is 24.4. The second kappa shape index (κ2) is 8.18. The number of halogens is 1. The van der Waals surface area contributed by atoms with Crippen LogP contribution in [-0.4, -0.2) is 30.7 Å². The molecule has 0 atom stereocenters. The Hall–Kier alpha value is -3.98. The summed E-state index contributed by atoms with van der Waals surface area (Å²) >= 11 is 5.99. The van der Waals surface area contributed by atoms with Gasteiger partial charge in [0.25, 0.3) is 0 Å². The van der Waals surface area contributed by atoms with Gasteiger partial charge in [0.1, 0.15) is 11.3 Å². The van der Waals surface area contributed by atoms with Crippen molar-refractivity contribution in [3.8, 4) is 16.9 Å². The number of benzene rings is 2. The Morgan fingerprint density at radius 3 is 2.30 bits per heavy atom. The molecule has 0 aliphatic heterocycles. The first-order chi connectivity index (χ1) is 14.5. The SMILES string of the molecule is Nc1nc(N)nc(COC(=O)c2cn(-c3ccccc3)nc2-c2ccc(Cl)cc2)n1. The maximum Gasteiger partial charge on any atom is 0.342 e. The highest BCUT2D eigenvalue weighted by molar-refractivity contribution is 6.30. The molecule has 30 heavy (non-hydrogen) atoms. The van der Waals surface area contributed by atoms with Gasteiger partial charge in [0, 0.05) is 16.8 Å². The zero-order chi connectivity index (χ0) is 21.1. The van der Waals surface area contributed by atoms with Gasteiger partial charge in [-0.2, -0.15) is 20.1 Å². The van der Waals surface area contributed by atoms with E-state index in [-0.39, 0.29) is 29.9 Å². The third-order valence-electron chi connectivity index (χ3n) is 4.12. The maximum atomic E-state index is 12.9. The molecule has 0 saturated carbocycles. The number of nitrogens with two attached hydrogens (primary N) is 2. The van der Waals surface area contributed by atoms with E-state index >= 15 is 0 Å². The molecule has 0 aliphatic rings. The minimum Gasteiger partial charge on any atom is -0.454 e. The monoisotopic (exact) mass is 421 g/mol. The van der Waals surface area contributed by atoms with Gasteiger partial charge in [-0.1, -0.05) is 41.9 Å². The number of esters is 1. The van der Waals surface area contributed by atoms with Gasteiger partial charge in [-0.15, -0.1) is 0 Å².